The zero-order valence-electron chi connectivity index (χ0n) is 9.13. The van der Waals surface area contributed by atoms with Crippen molar-refractivity contribution in [1.82, 2.24) is 14.6 Å². The van der Waals surface area contributed by atoms with E-state index in [0.717, 1.165) is 24.4 Å². The molecule has 2 aromatic heterocycles. The number of hydrogen-bond donors (Lipinski definition) is 1. The Morgan fingerprint density at radius 1 is 1.19 bits per heavy atom. The van der Waals surface area contributed by atoms with E-state index >= 15 is 0 Å². The van der Waals surface area contributed by atoms with Crippen LogP contribution in [-0.4, -0.2) is 27.7 Å². The van der Waals surface area contributed by atoms with E-state index in [9.17, 15) is 0 Å². The van der Waals surface area contributed by atoms with Gasteiger partial charge < -0.3 is 10.6 Å². The molecule has 84 valence electrons. The third-order valence-corrected chi connectivity index (χ3v) is 3.05. The van der Waals surface area contributed by atoms with E-state index < -0.39 is 0 Å². The Hall–Kier alpha value is -1.78. The van der Waals surface area contributed by atoms with Gasteiger partial charge in [0.2, 0.25) is 5.95 Å². The largest absolute Gasteiger partial charge is 0.368 e. The number of rotatable bonds is 1. The van der Waals surface area contributed by atoms with Gasteiger partial charge in [0.05, 0.1) is 5.69 Å². The van der Waals surface area contributed by atoms with Crippen LogP contribution in [0.25, 0.3) is 5.65 Å². The van der Waals surface area contributed by atoms with Gasteiger partial charge in [-0.2, -0.15) is 4.98 Å². The molecule has 0 aliphatic carbocycles. The van der Waals surface area contributed by atoms with Gasteiger partial charge in [0, 0.05) is 19.3 Å². The van der Waals surface area contributed by atoms with Gasteiger partial charge in [0.25, 0.3) is 0 Å². The first kappa shape index (κ1) is 9.45. The Morgan fingerprint density at radius 3 is 2.81 bits per heavy atom. The Balaban J connectivity index is 2.07. The van der Waals surface area contributed by atoms with Gasteiger partial charge in [0.1, 0.15) is 0 Å². The second kappa shape index (κ2) is 3.66. The molecular formula is C11H15N5. The van der Waals surface area contributed by atoms with E-state index in [-0.39, 0.29) is 0 Å². The summed E-state index contributed by atoms with van der Waals surface area (Å²) in [7, 11) is 0. The number of hydrogen-bond acceptors (Lipinski definition) is 4. The second-order valence-electron chi connectivity index (χ2n) is 4.18. The average molecular weight is 217 g/mol. The van der Waals surface area contributed by atoms with Gasteiger partial charge in [0.15, 0.2) is 5.65 Å². The molecule has 0 unspecified atom stereocenters. The highest BCUT2D eigenvalue weighted by atomic mass is 15.3. The lowest BCUT2D eigenvalue weighted by atomic mass is 10.1. The molecule has 5 heteroatoms. The molecule has 3 rings (SSSR count). The van der Waals surface area contributed by atoms with Crippen molar-refractivity contribution in [2.45, 2.75) is 19.3 Å². The lowest BCUT2D eigenvalue weighted by Crippen LogP contribution is -2.29. The number of nitrogen functional groups attached to an aromatic ring is 1. The fraction of sp³-hybridized carbons (Fsp3) is 0.455. The van der Waals surface area contributed by atoms with Gasteiger partial charge in [-0.1, -0.05) is 0 Å². The van der Waals surface area contributed by atoms with E-state index in [1.807, 2.05) is 12.3 Å². The molecule has 16 heavy (non-hydrogen) atoms. The minimum Gasteiger partial charge on any atom is -0.368 e. The van der Waals surface area contributed by atoms with Crippen molar-refractivity contribution in [1.29, 1.82) is 0 Å². The Morgan fingerprint density at radius 2 is 2.00 bits per heavy atom. The zero-order valence-corrected chi connectivity index (χ0v) is 9.13. The Labute approximate surface area is 93.9 Å². The van der Waals surface area contributed by atoms with Crippen molar-refractivity contribution < 1.29 is 0 Å². The molecule has 0 bridgehead atoms. The van der Waals surface area contributed by atoms with Crippen LogP contribution in [0.5, 0.6) is 0 Å². The zero-order chi connectivity index (χ0) is 11.0. The smallest absolute Gasteiger partial charge is 0.240 e. The predicted molar refractivity (Wildman–Crippen MR) is 63.5 cm³/mol. The van der Waals surface area contributed by atoms with Gasteiger partial charge >= 0.3 is 0 Å². The number of aromatic nitrogens is 3. The third-order valence-electron chi connectivity index (χ3n) is 3.05. The van der Waals surface area contributed by atoms with Crippen molar-refractivity contribution in [2.24, 2.45) is 0 Å². The second-order valence-corrected chi connectivity index (χ2v) is 4.18. The van der Waals surface area contributed by atoms with Crippen LogP contribution >= 0.6 is 0 Å². The summed E-state index contributed by atoms with van der Waals surface area (Å²) in [5.41, 5.74) is 7.64. The van der Waals surface area contributed by atoms with Gasteiger partial charge in [-0.15, -0.1) is 5.10 Å². The lowest BCUT2D eigenvalue weighted by molar-refractivity contribution is 0.578. The topological polar surface area (TPSA) is 59.5 Å². The van der Waals surface area contributed by atoms with Gasteiger partial charge in [-0.25, -0.2) is 4.52 Å². The average Bonchev–Trinajstić information content (AvgIpc) is 2.70. The summed E-state index contributed by atoms with van der Waals surface area (Å²) in [4.78, 5) is 6.64. The summed E-state index contributed by atoms with van der Waals surface area (Å²) in [6.45, 7) is 2.21. The van der Waals surface area contributed by atoms with Crippen molar-refractivity contribution >= 4 is 17.3 Å². The summed E-state index contributed by atoms with van der Waals surface area (Å²) < 4.78 is 1.75. The highest BCUT2D eigenvalue weighted by Gasteiger charge is 2.15. The molecule has 0 spiro atoms. The van der Waals surface area contributed by atoms with Crippen molar-refractivity contribution in [3.8, 4) is 0 Å². The van der Waals surface area contributed by atoms with Crippen LogP contribution in [0.15, 0.2) is 18.3 Å². The molecule has 1 saturated heterocycles. The van der Waals surface area contributed by atoms with Crippen molar-refractivity contribution in [2.75, 3.05) is 23.7 Å². The maximum Gasteiger partial charge on any atom is 0.240 e. The molecule has 0 saturated carbocycles. The first-order valence-corrected chi connectivity index (χ1v) is 5.70. The first-order valence-electron chi connectivity index (χ1n) is 5.70. The van der Waals surface area contributed by atoms with E-state index in [2.05, 4.69) is 21.0 Å². The molecular weight excluding hydrogens is 202 g/mol. The maximum absolute atomic E-state index is 5.63. The van der Waals surface area contributed by atoms with E-state index in [1.54, 1.807) is 4.52 Å². The fourth-order valence-corrected chi connectivity index (χ4v) is 2.29. The van der Waals surface area contributed by atoms with E-state index in [0.29, 0.717) is 5.95 Å². The van der Waals surface area contributed by atoms with E-state index in [4.69, 9.17) is 5.73 Å². The molecule has 1 fully saturated rings. The monoisotopic (exact) mass is 217 g/mol. The molecule has 0 radical (unpaired) electrons. The number of nitrogens with two attached hydrogens (primary N) is 1. The van der Waals surface area contributed by atoms with Crippen LogP contribution in [0.1, 0.15) is 19.3 Å². The fourth-order valence-electron chi connectivity index (χ4n) is 2.29. The van der Waals surface area contributed by atoms with Crippen LogP contribution in [-0.2, 0) is 0 Å². The molecule has 3 heterocycles. The summed E-state index contributed by atoms with van der Waals surface area (Å²) in [5, 5.41) is 4.13. The number of fused-ring (bicyclic) bond motifs is 1. The molecule has 1 aliphatic heterocycles. The highest BCUT2D eigenvalue weighted by molar-refractivity contribution is 5.69. The minimum absolute atomic E-state index is 0.337. The summed E-state index contributed by atoms with van der Waals surface area (Å²) in [6.07, 6.45) is 5.72. The maximum atomic E-state index is 5.63. The number of pyridine rings is 1. The molecule has 0 aromatic carbocycles. The molecule has 2 aromatic rings. The minimum atomic E-state index is 0.337. The Bertz CT molecular complexity index is 498. The standard InChI is InChI=1S/C11H15N5/c12-11-13-10-9(5-4-8-16(10)14-11)15-6-2-1-3-7-15/h4-5,8H,1-3,6-7H2,(H2,12,14). The van der Waals surface area contributed by atoms with Crippen molar-refractivity contribution in [3.63, 3.8) is 0 Å². The van der Waals surface area contributed by atoms with Crippen LogP contribution in [0.2, 0.25) is 0 Å². The number of piperidine rings is 1. The Kier molecular flexibility index (Phi) is 2.16. The first-order chi connectivity index (χ1) is 7.84. The van der Waals surface area contributed by atoms with Gasteiger partial charge in [-0.3, -0.25) is 0 Å². The molecule has 0 atom stereocenters. The lowest BCUT2D eigenvalue weighted by Gasteiger charge is -2.28. The third kappa shape index (κ3) is 1.48. The quantitative estimate of drug-likeness (QED) is 0.782. The summed E-state index contributed by atoms with van der Waals surface area (Å²) in [6, 6.07) is 4.08. The van der Waals surface area contributed by atoms with Crippen LogP contribution in [0, 0.1) is 0 Å². The molecule has 2 N–H and O–H groups in total. The molecule has 1 aliphatic rings. The molecule has 5 nitrogen and oxygen atoms in total. The summed E-state index contributed by atoms with van der Waals surface area (Å²) >= 11 is 0. The van der Waals surface area contributed by atoms with E-state index in [1.165, 1.54) is 19.3 Å². The van der Waals surface area contributed by atoms with Crippen LogP contribution in [0.4, 0.5) is 11.6 Å². The van der Waals surface area contributed by atoms with Crippen LogP contribution < -0.4 is 10.6 Å². The number of nitrogens with zero attached hydrogens (tertiary/aromatic N) is 4. The SMILES string of the molecule is Nc1nc2c(N3CCCCC3)cccn2n1. The normalized spacial score (nSPS) is 16.9. The predicted octanol–water partition coefficient (Wildman–Crippen LogP) is 1.30. The van der Waals surface area contributed by atoms with Gasteiger partial charge in [-0.05, 0) is 31.4 Å². The summed E-state index contributed by atoms with van der Waals surface area (Å²) in [5.74, 6) is 0.337. The number of anilines is 2. The highest BCUT2D eigenvalue weighted by Crippen LogP contribution is 2.23. The van der Waals surface area contributed by atoms with Crippen LogP contribution in [0.3, 0.4) is 0 Å². The molecule has 0 amide bonds. The van der Waals surface area contributed by atoms with Crippen molar-refractivity contribution in [3.05, 3.63) is 18.3 Å².